The first kappa shape index (κ1) is 14.7. The van der Waals surface area contributed by atoms with Crippen LogP contribution in [0.5, 0.6) is 5.75 Å². The highest BCUT2D eigenvalue weighted by molar-refractivity contribution is 5.91. The maximum atomic E-state index is 11.7. The smallest absolute Gasteiger partial charge is 0.323 e. The Morgan fingerprint density at radius 3 is 2.57 bits per heavy atom. The van der Waals surface area contributed by atoms with Crippen LogP contribution in [0.15, 0.2) is 48.7 Å². The van der Waals surface area contributed by atoms with Crippen molar-refractivity contribution in [2.24, 2.45) is 0 Å². The molecule has 0 aliphatic carbocycles. The van der Waals surface area contributed by atoms with Gasteiger partial charge >= 0.3 is 6.03 Å². The monoisotopic (exact) mass is 282 g/mol. The van der Waals surface area contributed by atoms with Crippen molar-refractivity contribution < 1.29 is 9.90 Å². The molecule has 0 bridgehead atoms. The maximum absolute atomic E-state index is 11.7. The number of phenols is 1. The second-order valence-corrected chi connectivity index (χ2v) is 4.87. The molecular formula is C17H18N2O2. The van der Waals surface area contributed by atoms with Crippen LogP contribution in [0.1, 0.15) is 16.7 Å². The van der Waals surface area contributed by atoms with Crippen molar-refractivity contribution in [1.82, 2.24) is 5.32 Å². The Morgan fingerprint density at radius 2 is 1.86 bits per heavy atom. The normalized spacial score (nSPS) is 10.6. The summed E-state index contributed by atoms with van der Waals surface area (Å²) in [7, 11) is 0. The molecule has 0 saturated heterocycles. The number of hydrogen-bond acceptors (Lipinski definition) is 2. The molecule has 0 atom stereocenters. The molecule has 108 valence electrons. The van der Waals surface area contributed by atoms with Gasteiger partial charge in [-0.25, -0.2) is 4.79 Å². The van der Waals surface area contributed by atoms with Gasteiger partial charge in [-0.15, -0.1) is 0 Å². The third kappa shape index (κ3) is 4.38. The van der Waals surface area contributed by atoms with Gasteiger partial charge in [0, 0.05) is 6.20 Å². The number of aryl methyl sites for hydroxylation is 2. The van der Waals surface area contributed by atoms with Crippen molar-refractivity contribution >= 4 is 17.8 Å². The summed E-state index contributed by atoms with van der Waals surface area (Å²) in [5, 5.41) is 14.9. The zero-order valence-electron chi connectivity index (χ0n) is 12.1. The molecule has 0 radical (unpaired) electrons. The number of amides is 2. The average Bonchev–Trinajstić information content (AvgIpc) is 2.42. The van der Waals surface area contributed by atoms with Gasteiger partial charge in [0.15, 0.2) is 0 Å². The molecule has 0 saturated carbocycles. The van der Waals surface area contributed by atoms with E-state index in [1.165, 1.54) is 0 Å². The van der Waals surface area contributed by atoms with E-state index in [2.05, 4.69) is 10.6 Å². The predicted molar refractivity (Wildman–Crippen MR) is 85.2 cm³/mol. The number of carbonyl (C=O) groups excluding carboxylic acids is 1. The quantitative estimate of drug-likeness (QED) is 0.750. The number of rotatable bonds is 3. The minimum Gasteiger partial charge on any atom is -0.506 e. The van der Waals surface area contributed by atoms with Gasteiger partial charge in [0.05, 0.1) is 5.69 Å². The largest absolute Gasteiger partial charge is 0.506 e. The summed E-state index contributed by atoms with van der Waals surface area (Å²) in [4.78, 5) is 11.7. The van der Waals surface area contributed by atoms with E-state index in [1.807, 2.05) is 50.3 Å². The minimum absolute atomic E-state index is 0.0489. The Hall–Kier alpha value is -2.75. The standard InChI is InChI=1S/C17H18N2O2/c1-12-4-3-5-14(10-12)8-9-18-17(21)19-15-7-6-13(2)11-16(15)20/h3-11,20H,1-2H3,(H2,18,19,21)/b9-8+. The van der Waals surface area contributed by atoms with Crippen molar-refractivity contribution in [3.05, 3.63) is 65.4 Å². The first-order valence-electron chi connectivity index (χ1n) is 6.65. The fraction of sp³-hybridized carbons (Fsp3) is 0.118. The van der Waals surface area contributed by atoms with E-state index in [4.69, 9.17) is 0 Å². The number of urea groups is 1. The summed E-state index contributed by atoms with van der Waals surface area (Å²) in [6, 6.07) is 12.6. The predicted octanol–water partition coefficient (Wildman–Crippen LogP) is 3.80. The van der Waals surface area contributed by atoms with E-state index in [1.54, 1.807) is 18.3 Å². The summed E-state index contributed by atoms with van der Waals surface area (Å²) in [5.41, 5.74) is 3.47. The van der Waals surface area contributed by atoms with Crippen LogP contribution in [-0.2, 0) is 0 Å². The van der Waals surface area contributed by atoms with E-state index in [-0.39, 0.29) is 5.75 Å². The first-order valence-corrected chi connectivity index (χ1v) is 6.65. The number of aromatic hydroxyl groups is 1. The number of anilines is 1. The lowest BCUT2D eigenvalue weighted by atomic mass is 10.1. The summed E-state index contributed by atoms with van der Waals surface area (Å²) >= 11 is 0. The molecule has 2 aromatic carbocycles. The average molecular weight is 282 g/mol. The number of nitrogens with one attached hydrogen (secondary N) is 2. The minimum atomic E-state index is -0.405. The van der Waals surface area contributed by atoms with Crippen molar-refractivity contribution in [2.45, 2.75) is 13.8 Å². The molecule has 0 aliphatic heterocycles. The van der Waals surface area contributed by atoms with Crippen molar-refractivity contribution in [3.63, 3.8) is 0 Å². The fourth-order valence-electron chi connectivity index (χ4n) is 1.89. The second kappa shape index (κ2) is 6.61. The Labute approximate surface area is 124 Å². The molecular weight excluding hydrogens is 264 g/mol. The summed E-state index contributed by atoms with van der Waals surface area (Å²) < 4.78 is 0. The topological polar surface area (TPSA) is 61.4 Å². The summed E-state index contributed by atoms with van der Waals surface area (Å²) in [5.74, 6) is 0.0489. The molecule has 2 rings (SSSR count). The molecule has 0 unspecified atom stereocenters. The summed E-state index contributed by atoms with van der Waals surface area (Å²) in [6.45, 7) is 3.88. The molecule has 2 aromatic rings. The van der Waals surface area contributed by atoms with Crippen LogP contribution < -0.4 is 10.6 Å². The van der Waals surface area contributed by atoms with Gasteiger partial charge in [0.2, 0.25) is 0 Å². The van der Waals surface area contributed by atoms with Gasteiger partial charge < -0.3 is 15.7 Å². The van der Waals surface area contributed by atoms with E-state index < -0.39 is 6.03 Å². The zero-order valence-corrected chi connectivity index (χ0v) is 12.1. The highest BCUT2D eigenvalue weighted by atomic mass is 16.3. The van der Waals surface area contributed by atoms with Crippen LogP contribution in [-0.4, -0.2) is 11.1 Å². The molecule has 0 heterocycles. The number of phenolic OH excluding ortho intramolecular Hbond substituents is 1. The highest BCUT2D eigenvalue weighted by Crippen LogP contribution is 2.23. The lowest BCUT2D eigenvalue weighted by Gasteiger charge is -2.07. The number of benzene rings is 2. The zero-order chi connectivity index (χ0) is 15.2. The summed E-state index contributed by atoms with van der Waals surface area (Å²) in [6.07, 6.45) is 3.37. The fourth-order valence-corrected chi connectivity index (χ4v) is 1.89. The Kier molecular flexibility index (Phi) is 4.61. The van der Waals surface area contributed by atoms with Gasteiger partial charge in [-0.2, -0.15) is 0 Å². The number of carbonyl (C=O) groups is 1. The third-order valence-corrected chi connectivity index (χ3v) is 2.93. The lowest BCUT2D eigenvalue weighted by molar-refractivity contribution is 0.255. The SMILES string of the molecule is Cc1cccc(/C=C/NC(=O)Nc2ccc(C)cc2O)c1. The molecule has 0 aliphatic rings. The highest BCUT2D eigenvalue weighted by Gasteiger charge is 2.04. The molecule has 0 spiro atoms. The van der Waals surface area contributed by atoms with Crippen LogP contribution >= 0.6 is 0 Å². The van der Waals surface area contributed by atoms with Crippen molar-refractivity contribution in [3.8, 4) is 5.75 Å². The van der Waals surface area contributed by atoms with Crippen molar-refractivity contribution in [2.75, 3.05) is 5.32 Å². The number of hydrogen-bond donors (Lipinski definition) is 3. The van der Waals surface area contributed by atoms with Crippen LogP contribution in [0.25, 0.3) is 6.08 Å². The van der Waals surface area contributed by atoms with Gasteiger partial charge in [0.1, 0.15) is 5.75 Å². The van der Waals surface area contributed by atoms with Gasteiger partial charge in [-0.3, -0.25) is 0 Å². The molecule has 0 fully saturated rings. The Balaban J connectivity index is 1.93. The van der Waals surface area contributed by atoms with E-state index in [9.17, 15) is 9.90 Å². The van der Waals surface area contributed by atoms with Gasteiger partial charge in [-0.1, -0.05) is 35.9 Å². The van der Waals surface area contributed by atoms with Gasteiger partial charge in [-0.05, 0) is 43.2 Å². The van der Waals surface area contributed by atoms with E-state index in [0.717, 1.165) is 16.7 Å². The van der Waals surface area contributed by atoms with Crippen LogP contribution in [0.2, 0.25) is 0 Å². The third-order valence-electron chi connectivity index (χ3n) is 2.93. The van der Waals surface area contributed by atoms with Crippen LogP contribution in [0, 0.1) is 13.8 Å². The molecule has 3 N–H and O–H groups in total. The van der Waals surface area contributed by atoms with Crippen molar-refractivity contribution in [1.29, 1.82) is 0 Å². The Morgan fingerprint density at radius 1 is 1.10 bits per heavy atom. The van der Waals surface area contributed by atoms with E-state index >= 15 is 0 Å². The maximum Gasteiger partial charge on any atom is 0.323 e. The first-order chi connectivity index (χ1) is 10.0. The molecule has 2 amide bonds. The Bertz CT molecular complexity index is 678. The molecule has 0 aromatic heterocycles. The molecule has 4 heteroatoms. The van der Waals surface area contributed by atoms with E-state index in [0.29, 0.717) is 5.69 Å². The van der Waals surface area contributed by atoms with Gasteiger partial charge in [0.25, 0.3) is 0 Å². The molecule has 21 heavy (non-hydrogen) atoms. The second-order valence-electron chi connectivity index (χ2n) is 4.87. The lowest BCUT2D eigenvalue weighted by Crippen LogP contribution is -2.23. The van der Waals surface area contributed by atoms with Crippen LogP contribution in [0.3, 0.4) is 0 Å². The van der Waals surface area contributed by atoms with Crippen LogP contribution in [0.4, 0.5) is 10.5 Å². The molecule has 4 nitrogen and oxygen atoms in total.